The van der Waals surface area contributed by atoms with Gasteiger partial charge in [0.15, 0.2) is 9.84 Å². The second kappa shape index (κ2) is 5.28. The van der Waals surface area contributed by atoms with E-state index in [1.807, 2.05) is 0 Å². The fourth-order valence-corrected chi connectivity index (χ4v) is 4.00. The Morgan fingerprint density at radius 3 is 2.72 bits per heavy atom. The molecule has 1 atom stereocenters. The molecule has 1 aromatic carbocycles. The highest BCUT2D eigenvalue weighted by Gasteiger charge is 2.30. The van der Waals surface area contributed by atoms with Crippen molar-refractivity contribution in [2.24, 2.45) is 5.92 Å². The van der Waals surface area contributed by atoms with Crippen molar-refractivity contribution >= 4 is 27.4 Å². The van der Waals surface area contributed by atoms with E-state index in [0.29, 0.717) is 17.2 Å². The van der Waals surface area contributed by atoms with Gasteiger partial charge in [0.25, 0.3) is 0 Å². The molecule has 0 radical (unpaired) electrons. The first-order chi connectivity index (χ1) is 8.46. The minimum absolute atomic E-state index is 0.0740. The van der Waals surface area contributed by atoms with E-state index in [1.165, 1.54) is 0 Å². The average molecular weight is 289 g/mol. The van der Waals surface area contributed by atoms with Gasteiger partial charge in [0, 0.05) is 6.42 Å². The molecule has 1 heterocycles. The zero-order valence-corrected chi connectivity index (χ0v) is 11.2. The number of esters is 1. The van der Waals surface area contributed by atoms with E-state index in [2.05, 4.69) is 0 Å². The molecule has 0 N–H and O–H groups in total. The minimum Gasteiger partial charge on any atom is -0.425 e. The summed E-state index contributed by atoms with van der Waals surface area (Å²) in [5, 5.41) is 0.366. The van der Waals surface area contributed by atoms with Crippen molar-refractivity contribution < 1.29 is 17.9 Å². The Morgan fingerprint density at radius 1 is 1.39 bits per heavy atom. The highest BCUT2D eigenvalue weighted by molar-refractivity contribution is 7.91. The summed E-state index contributed by atoms with van der Waals surface area (Å²) >= 11 is 5.86. The van der Waals surface area contributed by atoms with Crippen molar-refractivity contribution in [1.82, 2.24) is 0 Å². The summed E-state index contributed by atoms with van der Waals surface area (Å²) in [6.07, 6.45) is 0.643. The van der Waals surface area contributed by atoms with Crippen LogP contribution in [0.5, 0.6) is 5.75 Å². The van der Waals surface area contributed by atoms with Gasteiger partial charge in [0.1, 0.15) is 5.75 Å². The number of sulfone groups is 1. The van der Waals surface area contributed by atoms with E-state index in [4.69, 9.17) is 16.3 Å². The van der Waals surface area contributed by atoms with Crippen LogP contribution in [0.25, 0.3) is 0 Å². The Morgan fingerprint density at radius 2 is 2.11 bits per heavy atom. The molecule has 1 aliphatic rings. The summed E-state index contributed by atoms with van der Waals surface area (Å²) in [6.45, 7) is 0. The monoisotopic (exact) mass is 288 g/mol. The summed E-state index contributed by atoms with van der Waals surface area (Å²) in [4.78, 5) is 11.7. The third kappa shape index (κ3) is 3.46. The van der Waals surface area contributed by atoms with Crippen molar-refractivity contribution in [1.29, 1.82) is 0 Å². The van der Waals surface area contributed by atoms with Crippen LogP contribution < -0.4 is 4.74 Å². The molecule has 1 aromatic rings. The maximum Gasteiger partial charge on any atom is 0.311 e. The van der Waals surface area contributed by atoms with Crippen LogP contribution in [0.1, 0.15) is 12.8 Å². The number of para-hydroxylation sites is 1. The van der Waals surface area contributed by atoms with E-state index in [0.717, 1.165) is 0 Å². The maximum atomic E-state index is 11.7. The van der Waals surface area contributed by atoms with Crippen LogP contribution in [0.4, 0.5) is 0 Å². The molecular formula is C12H13ClO4S. The van der Waals surface area contributed by atoms with Gasteiger partial charge in [-0.05, 0) is 24.5 Å². The largest absolute Gasteiger partial charge is 0.425 e. The predicted octanol–water partition coefficient (Wildman–Crippen LogP) is 2.07. The minimum atomic E-state index is -2.96. The first-order valence-electron chi connectivity index (χ1n) is 5.62. The quantitative estimate of drug-likeness (QED) is 0.631. The Kier molecular flexibility index (Phi) is 3.92. The summed E-state index contributed by atoms with van der Waals surface area (Å²) in [7, 11) is -2.96. The zero-order valence-electron chi connectivity index (χ0n) is 9.63. The Hall–Kier alpha value is -1.07. The molecule has 2 rings (SSSR count). The zero-order chi connectivity index (χ0) is 13.2. The lowest BCUT2D eigenvalue weighted by atomic mass is 10.1. The molecular weight excluding hydrogens is 276 g/mol. The van der Waals surface area contributed by atoms with Crippen LogP contribution in [0.15, 0.2) is 24.3 Å². The lowest BCUT2D eigenvalue weighted by Crippen LogP contribution is -2.15. The number of halogens is 1. The molecule has 0 unspecified atom stereocenters. The lowest BCUT2D eigenvalue weighted by Gasteiger charge is -2.08. The van der Waals surface area contributed by atoms with Gasteiger partial charge in [-0.3, -0.25) is 4.79 Å². The third-order valence-electron chi connectivity index (χ3n) is 2.84. The summed E-state index contributed by atoms with van der Waals surface area (Å²) in [5.41, 5.74) is 0. The predicted molar refractivity (Wildman–Crippen MR) is 68.5 cm³/mol. The number of hydrogen-bond donors (Lipinski definition) is 0. The van der Waals surface area contributed by atoms with Crippen LogP contribution in [-0.4, -0.2) is 25.9 Å². The molecule has 18 heavy (non-hydrogen) atoms. The summed E-state index contributed by atoms with van der Waals surface area (Å²) in [5.74, 6) is -0.0259. The van der Waals surface area contributed by atoms with Crippen LogP contribution in [-0.2, 0) is 14.6 Å². The normalized spacial score (nSPS) is 21.7. The van der Waals surface area contributed by atoms with Crippen molar-refractivity contribution in [3.8, 4) is 5.75 Å². The third-order valence-corrected chi connectivity index (χ3v) is 4.99. The van der Waals surface area contributed by atoms with E-state index >= 15 is 0 Å². The highest BCUT2D eigenvalue weighted by atomic mass is 35.5. The van der Waals surface area contributed by atoms with Gasteiger partial charge in [-0.2, -0.15) is 0 Å². The Bertz CT molecular complexity index is 553. The van der Waals surface area contributed by atoms with Crippen molar-refractivity contribution in [2.45, 2.75) is 12.8 Å². The van der Waals surface area contributed by atoms with Crippen LogP contribution in [0.3, 0.4) is 0 Å². The molecule has 6 heteroatoms. The van der Waals surface area contributed by atoms with Crippen molar-refractivity contribution in [3.05, 3.63) is 29.3 Å². The second-order valence-electron chi connectivity index (χ2n) is 4.38. The van der Waals surface area contributed by atoms with Crippen LogP contribution >= 0.6 is 11.6 Å². The summed E-state index contributed by atoms with van der Waals surface area (Å²) < 4.78 is 27.6. The molecule has 1 fully saturated rings. The number of benzene rings is 1. The molecule has 0 bridgehead atoms. The first kappa shape index (κ1) is 13.4. The van der Waals surface area contributed by atoms with E-state index < -0.39 is 15.8 Å². The van der Waals surface area contributed by atoms with Crippen LogP contribution in [0.2, 0.25) is 5.02 Å². The average Bonchev–Trinajstić information content (AvgIpc) is 2.61. The fraction of sp³-hybridized carbons (Fsp3) is 0.417. The molecule has 4 nitrogen and oxygen atoms in total. The highest BCUT2D eigenvalue weighted by Crippen LogP contribution is 2.26. The smallest absolute Gasteiger partial charge is 0.311 e. The van der Waals surface area contributed by atoms with E-state index in [1.54, 1.807) is 24.3 Å². The van der Waals surface area contributed by atoms with Gasteiger partial charge >= 0.3 is 5.97 Å². The standard InChI is InChI=1S/C12H13ClO4S/c13-10-3-1-2-4-11(10)17-12(14)7-9-5-6-18(15,16)8-9/h1-4,9H,5-8H2/t9-/m0/s1. The van der Waals surface area contributed by atoms with Gasteiger partial charge in [-0.25, -0.2) is 8.42 Å². The Balaban J connectivity index is 1.92. The van der Waals surface area contributed by atoms with Gasteiger partial charge in [0.2, 0.25) is 0 Å². The molecule has 0 amide bonds. The van der Waals surface area contributed by atoms with Gasteiger partial charge in [-0.1, -0.05) is 23.7 Å². The van der Waals surface area contributed by atoms with E-state index in [9.17, 15) is 13.2 Å². The van der Waals surface area contributed by atoms with Crippen molar-refractivity contribution in [3.63, 3.8) is 0 Å². The molecule has 98 valence electrons. The van der Waals surface area contributed by atoms with E-state index in [-0.39, 0.29) is 23.8 Å². The number of hydrogen-bond acceptors (Lipinski definition) is 4. The number of rotatable bonds is 3. The number of ether oxygens (including phenoxy) is 1. The van der Waals surface area contributed by atoms with Crippen molar-refractivity contribution in [2.75, 3.05) is 11.5 Å². The Labute approximate surface area is 111 Å². The molecule has 0 aliphatic carbocycles. The molecule has 0 saturated carbocycles. The van der Waals surface area contributed by atoms with Gasteiger partial charge in [-0.15, -0.1) is 0 Å². The maximum absolute atomic E-state index is 11.7. The topological polar surface area (TPSA) is 60.4 Å². The van der Waals surface area contributed by atoms with Gasteiger partial charge in [0.05, 0.1) is 16.5 Å². The lowest BCUT2D eigenvalue weighted by molar-refractivity contribution is -0.135. The first-order valence-corrected chi connectivity index (χ1v) is 7.82. The van der Waals surface area contributed by atoms with Crippen LogP contribution in [0, 0.1) is 5.92 Å². The molecule has 1 saturated heterocycles. The molecule has 1 aliphatic heterocycles. The fourth-order valence-electron chi connectivity index (χ4n) is 1.96. The molecule has 0 spiro atoms. The summed E-state index contributed by atoms with van der Waals surface area (Å²) in [6, 6.07) is 6.69. The number of carbonyl (C=O) groups excluding carboxylic acids is 1. The van der Waals surface area contributed by atoms with Gasteiger partial charge < -0.3 is 4.74 Å². The second-order valence-corrected chi connectivity index (χ2v) is 7.01. The number of carbonyl (C=O) groups is 1. The SMILES string of the molecule is O=C(C[C@@H]1CCS(=O)(=O)C1)Oc1ccccc1Cl. The molecule has 0 aromatic heterocycles.